The van der Waals surface area contributed by atoms with Gasteiger partial charge in [-0.05, 0) is 37.6 Å². The summed E-state index contributed by atoms with van der Waals surface area (Å²) in [5, 5.41) is 0.361. The van der Waals surface area contributed by atoms with Gasteiger partial charge in [0.15, 0.2) is 5.82 Å². The van der Waals surface area contributed by atoms with Crippen LogP contribution in [0, 0.1) is 6.92 Å². The van der Waals surface area contributed by atoms with Crippen LogP contribution in [-0.4, -0.2) is 41.5 Å². The van der Waals surface area contributed by atoms with E-state index in [4.69, 9.17) is 4.74 Å². The van der Waals surface area contributed by atoms with E-state index in [1.54, 1.807) is 13.0 Å². The molecule has 0 saturated carbocycles. The number of fused-ring (bicyclic) bond motifs is 1. The lowest BCUT2D eigenvalue weighted by Crippen LogP contribution is -2.28. The molecule has 2 aromatic heterocycles. The standard InChI is InChI=1S/C18H14F3N3O5S/c1-3-28-17(25)11-8-12-10(2)7-14(29-30(26,27)18(19,20)21)24-15(12)13(9-11)16-22-5-4-6-23-16/h4-9H,3H2,1-2H3. The van der Waals surface area contributed by atoms with Crippen molar-refractivity contribution >= 4 is 27.0 Å². The highest BCUT2D eigenvalue weighted by Gasteiger charge is 2.49. The fourth-order valence-electron chi connectivity index (χ4n) is 2.60. The van der Waals surface area contributed by atoms with E-state index in [9.17, 15) is 26.4 Å². The monoisotopic (exact) mass is 441 g/mol. The van der Waals surface area contributed by atoms with E-state index in [1.807, 2.05) is 0 Å². The SMILES string of the molecule is CCOC(=O)c1cc(-c2ncccn2)c2nc(OS(=O)(=O)C(F)(F)F)cc(C)c2c1. The number of alkyl halides is 3. The first-order valence-electron chi connectivity index (χ1n) is 8.44. The first-order chi connectivity index (χ1) is 14.0. The molecule has 0 aliphatic heterocycles. The highest BCUT2D eigenvalue weighted by molar-refractivity contribution is 7.87. The normalized spacial score (nSPS) is 12.0. The molecule has 158 valence electrons. The number of pyridine rings is 1. The van der Waals surface area contributed by atoms with Crippen LogP contribution in [0.1, 0.15) is 22.8 Å². The summed E-state index contributed by atoms with van der Waals surface area (Å²) in [4.78, 5) is 24.3. The van der Waals surface area contributed by atoms with Gasteiger partial charge in [0, 0.05) is 29.4 Å². The molecule has 0 aliphatic rings. The Morgan fingerprint density at radius 2 is 1.80 bits per heavy atom. The van der Waals surface area contributed by atoms with E-state index >= 15 is 0 Å². The van der Waals surface area contributed by atoms with Crippen molar-refractivity contribution in [2.45, 2.75) is 19.4 Å². The molecule has 0 N–H and O–H groups in total. The second kappa shape index (κ2) is 7.86. The van der Waals surface area contributed by atoms with Crippen molar-refractivity contribution < 1.29 is 35.3 Å². The minimum absolute atomic E-state index is 0.0571. The number of hydrogen-bond donors (Lipinski definition) is 0. The Bertz CT molecular complexity index is 1220. The van der Waals surface area contributed by atoms with Gasteiger partial charge < -0.3 is 8.92 Å². The summed E-state index contributed by atoms with van der Waals surface area (Å²) in [6.45, 7) is 3.27. The molecule has 0 atom stereocenters. The van der Waals surface area contributed by atoms with Crippen LogP contribution in [0.2, 0.25) is 0 Å². The predicted octanol–water partition coefficient (Wildman–Crippen LogP) is 3.41. The molecule has 3 aromatic rings. The largest absolute Gasteiger partial charge is 0.534 e. The lowest BCUT2D eigenvalue weighted by molar-refractivity contribution is -0.0501. The molecule has 0 aliphatic carbocycles. The maximum atomic E-state index is 12.7. The molecule has 3 rings (SSSR count). The zero-order chi connectivity index (χ0) is 22.1. The summed E-state index contributed by atoms with van der Waals surface area (Å²) in [5.41, 5.74) is -4.91. The summed E-state index contributed by atoms with van der Waals surface area (Å²) in [6, 6.07) is 5.37. The predicted molar refractivity (Wildman–Crippen MR) is 99.1 cm³/mol. The number of aromatic nitrogens is 3. The van der Waals surface area contributed by atoms with Crippen molar-refractivity contribution in [3.05, 3.63) is 47.8 Å². The van der Waals surface area contributed by atoms with Crippen LogP contribution in [0.15, 0.2) is 36.7 Å². The molecule has 0 radical (unpaired) electrons. The van der Waals surface area contributed by atoms with Crippen LogP contribution < -0.4 is 4.18 Å². The fraction of sp³-hybridized carbons (Fsp3) is 0.222. The first kappa shape index (κ1) is 21.4. The summed E-state index contributed by atoms with van der Waals surface area (Å²) >= 11 is 0. The molecule has 0 bridgehead atoms. The van der Waals surface area contributed by atoms with Crippen molar-refractivity contribution in [3.8, 4) is 17.3 Å². The van der Waals surface area contributed by atoms with Gasteiger partial charge in [-0.1, -0.05) is 0 Å². The molecule has 12 heteroatoms. The maximum absolute atomic E-state index is 12.7. The Morgan fingerprint density at radius 3 is 2.40 bits per heavy atom. The molecule has 1 aromatic carbocycles. The van der Waals surface area contributed by atoms with Crippen molar-refractivity contribution in [2.24, 2.45) is 0 Å². The smallest absolute Gasteiger partial charge is 0.462 e. The van der Waals surface area contributed by atoms with Gasteiger partial charge in [-0.3, -0.25) is 0 Å². The molecule has 0 spiro atoms. The minimum Gasteiger partial charge on any atom is -0.462 e. The third-order valence-electron chi connectivity index (χ3n) is 3.89. The van der Waals surface area contributed by atoms with Gasteiger partial charge in [0.2, 0.25) is 5.88 Å². The number of aryl methyl sites for hydroxylation is 1. The number of carbonyl (C=O) groups excluding carboxylic acids is 1. The van der Waals surface area contributed by atoms with Gasteiger partial charge in [-0.15, -0.1) is 0 Å². The number of hydrogen-bond acceptors (Lipinski definition) is 8. The molecule has 0 amide bonds. The highest BCUT2D eigenvalue weighted by atomic mass is 32.2. The van der Waals surface area contributed by atoms with Crippen molar-refractivity contribution in [3.63, 3.8) is 0 Å². The molecule has 30 heavy (non-hydrogen) atoms. The Kier molecular flexibility index (Phi) is 5.61. The van der Waals surface area contributed by atoms with Crippen LogP contribution in [0.4, 0.5) is 13.2 Å². The maximum Gasteiger partial charge on any atom is 0.534 e. The van der Waals surface area contributed by atoms with Gasteiger partial charge in [-0.2, -0.15) is 21.6 Å². The van der Waals surface area contributed by atoms with E-state index < -0.39 is 27.5 Å². The Morgan fingerprint density at radius 1 is 1.13 bits per heavy atom. The molecular formula is C18H14F3N3O5S. The molecule has 8 nitrogen and oxygen atoms in total. The number of ether oxygens (including phenoxy) is 1. The van der Waals surface area contributed by atoms with Crippen LogP contribution in [0.3, 0.4) is 0 Å². The Hall–Kier alpha value is -3.28. The summed E-state index contributed by atoms with van der Waals surface area (Å²) < 4.78 is 69.9. The molecule has 2 heterocycles. The van der Waals surface area contributed by atoms with Crippen molar-refractivity contribution in [1.82, 2.24) is 15.0 Å². The summed E-state index contributed by atoms with van der Waals surface area (Å²) in [6.07, 6.45) is 2.85. The first-order valence-corrected chi connectivity index (χ1v) is 9.85. The zero-order valence-electron chi connectivity index (χ0n) is 15.6. The number of esters is 1. The van der Waals surface area contributed by atoms with Crippen LogP contribution in [-0.2, 0) is 14.9 Å². The molecule has 0 fully saturated rings. The quantitative estimate of drug-likeness (QED) is 0.337. The van der Waals surface area contributed by atoms with Crippen molar-refractivity contribution in [2.75, 3.05) is 6.61 Å². The Balaban J connectivity index is 2.26. The van der Waals surface area contributed by atoms with Gasteiger partial charge in [-0.25, -0.2) is 19.7 Å². The lowest BCUT2D eigenvalue weighted by Gasteiger charge is -2.13. The topological polar surface area (TPSA) is 108 Å². The summed E-state index contributed by atoms with van der Waals surface area (Å²) in [7, 11) is -5.91. The van der Waals surface area contributed by atoms with Gasteiger partial charge in [0.25, 0.3) is 0 Å². The van der Waals surface area contributed by atoms with E-state index in [1.165, 1.54) is 31.5 Å². The Labute approximate surface area is 168 Å². The lowest BCUT2D eigenvalue weighted by atomic mass is 10.0. The number of carbonyl (C=O) groups is 1. The molecular weight excluding hydrogens is 427 g/mol. The van der Waals surface area contributed by atoms with Crippen LogP contribution in [0.5, 0.6) is 5.88 Å². The van der Waals surface area contributed by atoms with Gasteiger partial charge in [0.1, 0.15) is 0 Å². The van der Waals surface area contributed by atoms with E-state index in [0.29, 0.717) is 10.9 Å². The average Bonchev–Trinajstić information content (AvgIpc) is 2.67. The van der Waals surface area contributed by atoms with E-state index in [0.717, 1.165) is 6.07 Å². The third kappa shape index (κ3) is 4.17. The van der Waals surface area contributed by atoms with E-state index in [2.05, 4.69) is 19.1 Å². The summed E-state index contributed by atoms with van der Waals surface area (Å²) in [5.74, 6) is -1.29. The van der Waals surface area contributed by atoms with E-state index in [-0.39, 0.29) is 29.1 Å². The fourth-order valence-corrected chi connectivity index (χ4v) is 3.01. The number of rotatable bonds is 5. The second-order valence-corrected chi connectivity index (χ2v) is 7.51. The van der Waals surface area contributed by atoms with Gasteiger partial charge in [0.05, 0.1) is 17.7 Å². The highest BCUT2D eigenvalue weighted by Crippen LogP contribution is 2.33. The molecule has 0 saturated heterocycles. The number of nitrogens with zero attached hydrogens (tertiary/aromatic N) is 3. The zero-order valence-corrected chi connectivity index (χ0v) is 16.4. The van der Waals surface area contributed by atoms with Crippen LogP contribution in [0.25, 0.3) is 22.3 Å². The van der Waals surface area contributed by atoms with Crippen molar-refractivity contribution in [1.29, 1.82) is 0 Å². The average molecular weight is 441 g/mol. The number of benzene rings is 1. The second-order valence-electron chi connectivity index (χ2n) is 5.97. The third-order valence-corrected chi connectivity index (χ3v) is 4.85. The minimum atomic E-state index is -5.91. The molecule has 0 unspecified atom stereocenters. The number of halogens is 3. The van der Waals surface area contributed by atoms with Gasteiger partial charge >= 0.3 is 21.6 Å². The van der Waals surface area contributed by atoms with Crippen LogP contribution >= 0.6 is 0 Å².